The van der Waals surface area contributed by atoms with Gasteiger partial charge in [-0.2, -0.15) is 0 Å². The van der Waals surface area contributed by atoms with E-state index in [1.807, 2.05) is 0 Å². The number of likely N-dealkylation sites (N-methyl/N-ethyl adjacent to an activating group) is 1. The Morgan fingerprint density at radius 3 is 2.71 bits per heavy atom. The zero-order valence-electron chi connectivity index (χ0n) is 12.9. The van der Waals surface area contributed by atoms with Gasteiger partial charge in [0.15, 0.2) is 0 Å². The van der Waals surface area contributed by atoms with E-state index in [1.165, 1.54) is 23.1 Å². The summed E-state index contributed by atoms with van der Waals surface area (Å²) in [5, 5.41) is 10.7. The van der Waals surface area contributed by atoms with Crippen LogP contribution in [0.2, 0.25) is 0 Å². The van der Waals surface area contributed by atoms with Gasteiger partial charge in [-0.05, 0) is 24.6 Å². The van der Waals surface area contributed by atoms with Gasteiger partial charge in [0.2, 0.25) is 5.91 Å². The number of halogens is 1. The second-order valence-corrected chi connectivity index (χ2v) is 5.49. The van der Waals surface area contributed by atoms with Crippen molar-refractivity contribution in [2.45, 2.75) is 12.5 Å². The van der Waals surface area contributed by atoms with Crippen LogP contribution in [0.4, 0.5) is 21.6 Å². The number of amides is 1. The molecule has 3 rings (SSSR count). The third-order valence-electron chi connectivity index (χ3n) is 4.09. The third-order valence-corrected chi connectivity index (χ3v) is 4.09. The van der Waals surface area contributed by atoms with Crippen LogP contribution in [0.5, 0.6) is 0 Å². The molecule has 1 aromatic heterocycles. The van der Waals surface area contributed by atoms with Crippen LogP contribution in [0, 0.1) is 15.9 Å². The van der Waals surface area contributed by atoms with Crippen molar-refractivity contribution in [2.75, 3.05) is 23.4 Å². The van der Waals surface area contributed by atoms with E-state index >= 15 is 0 Å². The van der Waals surface area contributed by atoms with E-state index in [0.29, 0.717) is 18.8 Å². The number of aromatic nitrogens is 1. The fourth-order valence-electron chi connectivity index (χ4n) is 2.79. The Labute approximate surface area is 137 Å². The summed E-state index contributed by atoms with van der Waals surface area (Å²) in [6.45, 7) is 0.405. The first-order valence-corrected chi connectivity index (χ1v) is 7.38. The highest BCUT2D eigenvalue weighted by Crippen LogP contribution is 2.28. The highest BCUT2D eigenvalue weighted by Gasteiger charge is 2.36. The highest BCUT2D eigenvalue weighted by atomic mass is 19.1. The quantitative estimate of drug-likeness (QED) is 0.635. The monoisotopic (exact) mass is 330 g/mol. The lowest BCUT2D eigenvalue weighted by molar-refractivity contribution is -0.385. The lowest BCUT2D eigenvalue weighted by Crippen LogP contribution is -2.40. The van der Waals surface area contributed by atoms with Crippen molar-refractivity contribution in [3.63, 3.8) is 0 Å². The average molecular weight is 330 g/mol. The van der Waals surface area contributed by atoms with Gasteiger partial charge in [-0.25, -0.2) is 9.37 Å². The molecule has 2 aromatic rings. The number of carbonyl (C=O) groups is 1. The van der Waals surface area contributed by atoms with Gasteiger partial charge in [0.1, 0.15) is 23.9 Å². The zero-order valence-corrected chi connectivity index (χ0v) is 12.9. The molecule has 1 fully saturated rings. The third kappa shape index (κ3) is 2.78. The summed E-state index contributed by atoms with van der Waals surface area (Å²) in [6.07, 6.45) is 1.67. The maximum absolute atomic E-state index is 13.9. The summed E-state index contributed by atoms with van der Waals surface area (Å²) in [5.41, 5.74) is 0.146. The SMILES string of the molecule is CN(c1ccc([N+](=O)[O-])cn1)[C@H]1CCN(c2ccccc2F)C1=O. The predicted octanol–water partition coefficient (Wildman–Crippen LogP) is 2.37. The Hall–Kier alpha value is -3.03. The summed E-state index contributed by atoms with van der Waals surface area (Å²) >= 11 is 0. The Morgan fingerprint density at radius 2 is 2.08 bits per heavy atom. The van der Waals surface area contributed by atoms with Crippen LogP contribution in [0.3, 0.4) is 0 Å². The molecule has 1 amide bonds. The Kier molecular flexibility index (Phi) is 4.11. The molecule has 0 unspecified atom stereocenters. The van der Waals surface area contributed by atoms with Crippen LogP contribution in [-0.4, -0.2) is 35.4 Å². The van der Waals surface area contributed by atoms with Gasteiger partial charge in [0.05, 0.1) is 10.6 Å². The molecule has 24 heavy (non-hydrogen) atoms. The second kappa shape index (κ2) is 6.23. The highest BCUT2D eigenvalue weighted by molar-refractivity contribution is 6.01. The molecule has 1 atom stereocenters. The molecule has 0 spiro atoms. The minimum Gasteiger partial charge on any atom is -0.348 e. The van der Waals surface area contributed by atoms with Gasteiger partial charge >= 0.3 is 0 Å². The topological polar surface area (TPSA) is 79.6 Å². The molecule has 0 N–H and O–H groups in total. The van der Waals surface area contributed by atoms with Crippen LogP contribution in [0.15, 0.2) is 42.6 Å². The summed E-state index contributed by atoms with van der Waals surface area (Å²) in [7, 11) is 1.70. The predicted molar refractivity (Wildman–Crippen MR) is 86.5 cm³/mol. The minimum atomic E-state index is -0.530. The number of pyridine rings is 1. The second-order valence-electron chi connectivity index (χ2n) is 5.49. The molecule has 2 heterocycles. The molecule has 8 heteroatoms. The molecule has 124 valence electrons. The first-order valence-electron chi connectivity index (χ1n) is 7.38. The van der Waals surface area contributed by atoms with E-state index in [2.05, 4.69) is 4.98 Å². The number of rotatable bonds is 4. The van der Waals surface area contributed by atoms with Crippen molar-refractivity contribution in [2.24, 2.45) is 0 Å². The summed E-state index contributed by atoms with van der Waals surface area (Å²) < 4.78 is 13.9. The number of hydrogen-bond donors (Lipinski definition) is 0. The van der Waals surface area contributed by atoms with Crippen LogP contribution in [0.1, 0.15) is 6.42 Å². The van der Waals surface area contributed by atoms with Gasteiger partial charge < -0.3 is 9.80 Å². The van der Waals surface area contributed by atoms with Gasteiger partial charge in [-0.15, -0.1) is 0 Å². The van der Waals surface area contributed by atoms with Crippen molar-refractivity contribution >= 4 is 23.1 Å². The van der Waals surface area contributed by atoms with Crippen molar-refractivity contribution in [3.05, 3.63) is 58.5 Å². The molecular weight excluding hydrogens is 315 g/mol. The van der Waals surface area contributed by atoms with Crippen molar-refractivity contribution in [3.8, 4) is 0 Å². The number of carbonyl (C=O) groups excluding carboxylic acids is 1. The first kappa shape index (κ1) is 15.9. The summed E-state index contributed by atoms with van der Waals surface area (Å²) in [4.78, 5) is 29.9. The molecule has 1 aliphatic heterocycles. The van der Waals surface area contributed by atoms with Crippen LogP contribution < -0.4 is 9.80 Å². The number of anilines is 2. The molecule has 0 aliphatic carbocycles. The van der Waals surface area contributed by atoms with Crippen LogP contribution >= 0.6 is 0 Å². The van der Waals surface area contributed by atoms with Crippen LogP contribution in [-0.2, 0) is 4.79 Å². The Morgan fingerprint density at radius 1 is 1.33 bits per heavy atom. The largest absolute Gasteiger partial charge is 0.348 e. The zero-order chi connectivity index (χ0) is 17.3. The van der Waals surface area contributed by atoms with E-state index < -0.39 is 16.8 Å². The standard InChI is InChI=1S/C16H15FN4O3/c1-19(15-7-6-11(10-18-15)21(23)24)14-8-9-20(16(14)22)13-5-3-2-4-12(13)17/h2-7,10,14H,8-9H2,1H3/t14-/m0/s1. The Balaban J connectivity index is 1.79. The van der Waals surface area contributed by atoms with Crippen molar-refractivity contribution in [1.82, 2.24) is 4.98 Å². The molecule has 1 aromatic carbocycles. The number of nitrogens with zero attached hydrogens (tertiary/aromatic N) is 4. The normalized spacial score (nSPS) is 17.2. The Bertz CT molecular complexity index is 781. The first-order chi connectivity index (χ1) is 11.5. The molecule has 1 aliphatic rings. The molecule has 7 nitrogen and oxygen atoms in total. The van der Waals surface area contributed by atoms with E-state index in [0.717, 1.165) is 6.20 Å². The minimum absolute atomic E-state index is 0.113. The molecule has 1 saturated heterocycles. The van der Waals surface area contributed by atoms with Gasteiger partial charge in [-0.3, -0.25) is 14.9 Å². The summed E-state index contributed by atoms with van der Waals surface area (Å²) in [5.74, 6) is -0.209. The lowest BCUT2D eigenvalue weighted by atomic mass is 10.2. The smallest absolute Gasteiger partial charge is 0.287 e. The molecule has 0 radical (unpaired) electrons. The fourth-order valence-corrected chi connectivity index (χ4v) is 2.79. The van der Waals surface area contributed by atoms with Crippen LogP contribution in [0.25, 0.3) is 0 Å². The number of nitro groups is 1. The van der Waals surface area contributed by atoms with E-state index in [4.69, 9.17) is 0 Å². The van der Waals surface area contributed by atoms with E-state index in [-0.39, 0.29) is 17.3 Å². The molecule has 0 saturated carbocycles. The molecular formula is C16H15FN4O3. The maximum Gasteiger partial charge on any atom is 0.287 e. The number of benzene rings is 1. The van der Waals surface area contributed by atoms with E-state index in [1.54, 1.807) is 30.1 Å². The molecule has 0 bridgehead atoms. The van der Waals surface area contributed by atoms with Crippen molar-refractivity contribution < 1.29 is 14.1 Å². The average Bonchev–Trinajstić information content (AvgIpc) is 2.96. The summed E-state index contributed by atoms with van der Waals surface area (Å²) in [6, 6.07) is 8.49. The fraction of sp³-hybridized carbons (Fsp3) is 0.250. The van der Waals surface area contributed by atoms with E-state index in [9.17, 15) is 19.3 Å². The van der Waals surface area contributed by atoms with Gasteiger partial charge in [0, 0.05) is 19.7 Å². The number of para-hydroxylation sites is 1. The van der Waals surface area contributed by atoms with Gasteiger partial charge in [-0.1, -0.05) is 12.1 Å². The van der Waals surface area contributed by atoms with Crippen molar-refractivity contribution in [1.29, 1.82) is 0 Å². The maximum atomic E-state index is 13.9. The van der Waals surface area contributed by atoms with Gasteiger partial charge in [0.25, 0.3) is 5.69 Å². The lowest BCUT2D eigenvalue weighted by Gasteiger charge is -2.24. The number of hydrogen-bond acceptors (Lipinski definition) is 5.